The normalized spacial score (nSPS) is 24.6. The van der Waals surface area contributed by atoms with Crippen molar-refractivity contribution in [1.82, 2.24) is 20.0 Å². The highest BCUT2D eigenvalue weighted by Gasteiger charge is 2.20. The van der Waals surface area contributed by atoms with Crippen LogP contribution in [0, 0.1) is 11.8 Å². The highest BCUT2D eigenvalue weighted by Crippen LogP contribution is 2.28. The molecule has 2 rings (SSSR count). The molecule has 0 aromatic rings. The molecule has 1 saturated heterocycles. The summed E-state index contributed by atoms with van der Waals surface area (Å²) in [5.41, 5.74) is 0. The molecule has 0 bridgehead atoms. The van der Waals surface area contributed by atoms with E-state index in [1.165, 1.54) is 77.8 Å². The van der Waals surface area contributed by atoms with Gasteiger partial charge in [0.2, 0.25) is 0 Å². The Morgan fingerprint density at radius 1 is 1.00 bits per heavy atom. The first-order chi connectivity index (χ1) is 13.1. The molecule has 1 heterocycles. The predicted molar refractivity (Wildman–Crippen MR) is 133 cm³/mol. The van der Waals surface area contributed by atoms with Gasteiger partial charge in [-0.05, 0) is 57.5 Å². The van der Waals surface area contributed by atoms with E-state index in [9.17, 15) is 0 Å². The first-order valence-corrected chi connectivity index (χ1v) is 11.6. The number of nitrogens with zero attached hydrogens (tertiary/aromatic N) is 4. The molecule has 1 aliphatic heterocycles. The lowest BCUT2D eigenvalue weighted by molar-refractivity contribution is 0.136. The molecule has 2 fully saturated rings. The minimum Gasteiger partial charge on any atom is -0.357 e. The Labute approximate surface area is 191 Å². The Balaban J connectivity index is 0.00000392. The van der Waals surface area contributed by atoms with E-state index in [4.69, 9.17) is 4.99 Å². The van der Waals surface area contributed by atoms with Gasteiger partial charge in [0.25, 0.3) is 0 Å². The summed E-state index contributed by atoms with van der Waals surface area (Å²) < 4.78 is 0. The van der Waals surface area contributed by atoms with Gasteiger partial charge in [-0.15, -0.1) is 24.0 Å². The Bertz CT molecular complexity index is 415. The summed E-state index contributed by atoms with van der Waals surface area (Å²) in [6, 6.07) is 0. The highest BCUT2D eigenvalue weighted by atomic mass is 127. The van der Waals surface area contributed by atoms with Crippen LogP contribution in [0.25, 0.3) is 0 Å². The zero-order chi connectivity index (χ0) is 19.5. The fraction of sp³-hybridized carbons (Fsp3) is 0.955. The SMILES string of the molecule is CCNC(=NCCCCN1CCN(CC)CC1)N(C)CC1CCC(C)CC1.I. The number of hydrogen-bond acceptors (Lipinski definition) is 3. The van der Waals surface area contributed by atoms with Crippen LogP contribution in [0.3, 0.4) is 0 Å². The van der Waals surface area contributed by atoms with Crippen molar-refractivity contribution in [2.75, 3.05) is 66.0 Å². The Kier molecular flexibility index (Phi) is 13.7. The molecule has 1 saturated carbocycles. The first kappa shape index (κ1) is 26.0. The van der Waals surface area contributed by atoms with Crippen molar-refractivity contribution < 1.29 is 0 Å². The van der Waals surface area contributed by atoms with Gasteiger partial charge >= 0.3 is 0 Å². The van der Waals surface area contributed by atoms with Crippen LogP contribution in [0.5, 0.6) is 0 Å². The van der Waals surface area contributed by atoms with Crippen LogP contribution >= 0.6 is 24.0 Å². The molecule has 0 radical (unpaired) electrons. The smallest absolute Gasteiger partial charge is 0.193 e. The summed E-state index contributed by atoms with van der Waals surface area (Å²) in [7, 11) is 2.22. The molecule has 0 aromatic carbocycles. The van der Waals surface area contributed by atoms with E-state index in [2.05, 4.69) is 47.8 Å². The van der Waals surface area contributed by atoms with Gasteiger partial charge in [-0.3, -0.25) is 4.99 Å². The second kappa shape index (κ2) is 14.8. The Morgan fingerprint density at radius 2 is 1.64 bits per heavy atom. The minimum atomic E-state index is 0. The van der Waals surface area contributed by atoms with E-state index in [-0.39, 0.29) is 24.0 Å². The molecule has 0 atom stereocenters. The summed E-state index contributed by atoms with van der Waals surface area (Å²) in [5, 5.41) is 3.49. The van der Waals surface area contributed by atoms with Crippen LogP contribution in [0.2, 0.25) is 0 Å². The summed E-state index contributed by atoms with van der Waals surface area (Å²) in [6.07, 6.45) is 8.03. The quantitative estimate of drug-likeness (QED) is 0.223. The maximum absolute atomic E-state index is 4.91. The average molecular weight is 508 g/mol. The summed E-state index contributed by atoms with van der Waals surface area (Å²) in [6.45, 7) is 17.3. The average Bonchev–Trinajstić information content (AvgIpc) is 2.69. The van der Waals surface area contributed by atoms with Crippen molar-refractivity contribution >= 4 is 29.9 Å². The monoisotopic (exact) mass is 507 g/mol. The number of likely N-dealkylation sites (N-methyl/N-ethyl adjacent to an activating group) is 1. The standard InChI is InChI=1S/C22H45N5.HI/c1-5-23-22(25(4)19-21-11-9-20(3)10-12-21)24-13-7-8-14-27-17-15-26(6-2)16-18-27;/h20-21H,5-19H2,1-4H3,(H,23,24);1H. The van der Waals surface area contributed by atoms with Gasteiger partial charge in [0, 0.05) is 52.9 Å². The predicted octanol–water partition coefficient (Wildman–Crippen LogP) is 3.75. The van der Waals surface area contributed by atoms with E-state index in [0.29, 0.717) is 0 Å². The number of piperazine rings is 1. The van der Waals surface area contributed by atoms with Crippen LogP contribution in [0.4, 0.5) is 0 Å². The zero-order valence-electron chi connectivity index (χ0n) is 19.0. The number of halogens is 1. The Morgan fingerprint density at radius 3 is 2.25 bits per heavy atom. The second-order valence-electron chi connectivity index (χ2n) is 8.73. The highest BCUT2D eigenvalue weighted by molar-refractivity contribution is 14.0. The molecule has 166 valence electrons. The topological polar surface area (TPSA) is 34.1 Å². The third kappa shape index (κ3) is 9.61. The van der Waals surface area contributed by atoms with Crippen molar-refractivity contribution in [2.45, 2.75) is 59.3 Å². The molecule has 0 spiro atoms. The third-order valence-electron chi connectivity index (χ3n) is 6.42. The number of aliphatic imine (C=N–C) groups is 1. The van der Waals surface area contributed by atoms with Gasteiger partial charge in [0.05, 0.1) is 0 Å². The van der Waals surface area contributed by atoms with Crippen LogP contribution in [0.1, 0.15) is 59.3 Å². The fourth-order valence-electron chi connectivity index (χ4n) is 4.42. The summed E-state index contributed by atoms with van der Waals surface area (Å²) in [5.74, 6) is 2.88. The van der Waals surface area contributed by atoms with E-state index >= 15 is 0 Å². The Hall–Kier alpha value is -0.0800. The molecule has 0 aromatic heterocycles. The number of unbranched alkanes of at least 4 members (excludes halogenated alkanes) is 1. The molecule has 0 amide bonds. The molecule has 6 heteroatoms. The molecular formula is C22H46IN5. The molecule has 2 aliphatic rings. The lowest BCUT2D eigenvalue weighted by Gasteiger charge is -2.34. The van der Waals surface area contributed by atoms with Gasteiger partial charge in [-0.1, -0.05) is 26.7 Å². The van der Waals surface area contributed by atoms with Crippen molar-refractivity contribution in [3.05, 3.63) is 0 Å². The van der Waals surface area contributed by atoms with Crippen molar-refractivity contribution in [3.63, 3.8) is 0 Å². The van der Waals surface area contributed by atoms with E-state index < -0.39 is 0 Å². The maximum Gasteiger partial charge on any atom is 0.193 e. The molecular weight excluding hydrogens is 461 g/mol. The van der Waals surface area contributed by atoms with E-state index in [0.717, 1.165) is 37.4 Å². The molecule has 0 unspecified atom stereocenters. The van der Waals surface area contributed by atoms with Crippen molar-refractivity contribution in [1.29, 1.82) is 0 Å². The van der Waals surface area contributed by atoms with Crippen LogP contribution in [-0.2, 0) is 0 Å². The lowest BCUT2D eigenvalue weighted by atomic mass is 9.83. The summed E-state index contributed by atoms with van der Waals surface area (Å²) >= 11 is 0. The molecule has 5 nitrogen and oxygen atoms in total. The first-order valence-electron chi connectivity index (χ1n) is 11.6. The zero-order valence-corrected chi connectivity index (χ0v) is 21.3. The largest absolute Gasteiger partial charge is 0.357 e. The number of rotatable bonds is 9. The van der Waals surface area contributed by atoms with E-state index in [1.54, 1.807) is 0 Å². The minimum absolute atomic E-state index is 0. The van der Waals surface area contributed by atoms with Crippen LogP contribution < -0.4 is 5.32 Å². The van der Waals surface area contributed by atoms with Gasteiger partial charge in [0.1, 0.15) is 0 Å². The second-order valence-corrected chi connectivity index (χ2v) is 8.73. The van der Waals surface area contributed by atoms with Gasteiger partial charge in [0.15, 0.2) is 5.96 Å². The van der Waals surface area contributed by atoms with Gasteiger partial charge in [-0.25, -0.2) is 0 Å². The van der Waals surface area contributed by atoms with Crippen LogP contribution in [-0.4, -0.2) is 86.6 Å². The summed E-state index contributed by atoms with van der Waals surface area (Å²) in [4.78, 5) is 12.4. The van der Waals surface area contributed by atoms with Crippen molar-refractivity contribution in [3.8, 4) is 0 Å². The maximum atomic E-state index is 4.91. The molecule has 1 N–H and O–H groups in total. The third-order valence-corrected chi connectivity index (χ3v) is 6.42. The van der Waals surface area contributed by atoms with Crippen molar-refractivity contribution in [2.24, 2.45) is 16.8 Å². The molecule has 1 aliphatic carbocycles. The number of hydrogen-bond donors (Lipinski definition) is 1. The number of guanidine groups is 1. The lowest BCUT2D eigenvalue weighted by Crippen LogP contribution is -2.46. The van der Waals surface area contributed by atoms with Gasteiger partial charge in [-0.2, -0.15) is 0 Å². The fourth-order valence-corrected chi connectivity index (χ4v) is 4.42. The van der Waals surface area contributed by atoms with Crippen LogP contribution in [0.15, 0.2) is 4.99 Å². The van der Waals surface area contributed by atoms with E-state index in [1.807, 2.05) is 0 Å². The van der Waals surface area contributed by atoms with Gasteiger partial charge < -0.3 is 20.0 Å². The number of nitrogens with one attached hydrogen (secondary N) is 1. The molecule has 28 heavy (non-hydrogen) atoms.